The fraction of sp³-hybridized carbons (Fsp3) is 0.127. The molecule has 11 aromatic carbocycles. The molecule has 3 aromatic heterocycles. The van der Waals surface area contributed by atoms with Gasteiger partial charge in [0.15, 0.2) is 17.5 Å². The molecule has 84 heavy (non-hydrogen) atoms. The standard InChI is InChI=1S/C79H65N5/c1-46-21-23-56(24-22-46)59-25-29-66-67-30-26-60(74-50(5)33-47(2)34-51(74)6)42-71(67)83(70(66)41-59)64-39-63(79-81-77(57-17-13-11-14-18-57)80-78(82-79)58-19-15-12-16-20-58)40-65(45-64)84-72-43-61(75-52(7)35-48(3)36-53(75)8)27-31-68(72)69-32-28-62(44-73(69)84)76-54(9)37-49(4)38-55(76)10/h11-45H,1-10H3. The van der Waals surface area contributed by atoms with E-state index in [1.807, 2.05) is 36.4 Å². The molecule has 0 atom stereocenters. The van der Waals surface area contributed by atoms with E-state index in [2.05, 4.69) is 254 Å². The fourth-order valence-electron chi connectivity index (χ4n) is 13.8. The summed E-state index contributed by atoms with van der Waals surface area (Å²) in [5.74, 6) is 1.80. The third-order valence-electron chi connectivity index (χ3n) is 17.2. The summed E-state index contributed by atoms with van der Waals surface area (Å²) in [6.07, 6.45) is 0. The Labute approximate surface area is 492 Å². The number of hydrogen-bond acceptors (Lipinski definition) is 3. The van der Waals surface area contributed by atoms with Crippen LogP contribution in [0, 0.1) is 69.2 Å². The first-order chi connectivity index (χ1) is 40.7. The second kappa shape index (κ2) is 20.5. The molecule has 0 unspecified atom stereocenters. The van der Waals surface area contributed by atoms with Crippen LogP contribution in [0.15, 0.2) is 212 Å². The van der Waals surface area contributed by atoms with Gasteiger partial charge in [0.25, 0.3) is 0 Å². The molecule has 0 aliphatic rings. The molecule has 0 fully saturated rings. The molecule has 5 heteroatoms. The summed E-state index contributed by atoms with van der Waals surface area (Å²) in [6.45, 7) is 22.2. The number of aryl methyl sites for hydroxylation is 10. The van der Waals surface area contributed by atoms with E-state index in [1.165, 1.54) is 116 Å². The summed E-state index contributed by atoms with van der Waals surface area (Å²) in [4.78, 5) is 16.1. The lowest BCUT2D eigenvalue weighted by Gasteiger charge is -2.18. The Hall–Kier alpha value is -9.97. The molecule has 0 saturated carbocycles. The lowest BCUT2D eigenvalue weighted by Crippen LogP contribution is -2.04. The molecule has 0 aliphatic carbocycles. The second-order valence-corrected chi connectivity index (χ2v) is 23.6. The summed E-state index contributed by atoms with van der Waals surface area (Å²) >= 11 is 0. The highest BCUT2D eigenvalue weighted by molar-refractivity contribution is 6.13. The van der Waals surface area contributed by atoms with Crippen LogP contribution >= 0.6 is 0 Å². The van der Waals surface area contributed by atoms with E-state index in [-0.39, 0.29) is 0 Å². The Kier molecular flexibility index (Phi) is 12.7. The minimum Gasteiger partial charge on any atom is -0.309 e. The van der Waals surface area contributed by atoms with Crippen molar-refractivity contribution < 1.29 is 0 Å². The molecule has 14 rings (SSSR count). The zero-order chi connectivity index (χ0) is 57.7. The maximum Gasteiger partial charge on any atom is 0.164 e. The van der Waals surface area contributed by atoms with Gasteiger partial charge in [-0.2, -0.15) is 0 Å². The van der Waals surface area contributed by atoms with Crippen molar-refractivity contribution in [2.75, 3.05) is 0 Å². The quantitative estimate of drug-likeness (QED) is 0.145. The van der Waals surface area contributed by atoms with Crippen LogP contribution in [-0.2, 0) is 0 Å². The van der Waals surface area contributed by atoms with E-state index in [0.717, 1.165) is 55.7 Å². The van der Waals surface area contributed by atoms with Gasteiger partial charge in [-0.15, -0.1) is 0 Å². The van der Waals surface area contributed by atoms with Gasteiger partial charge in [-0.25, -0.2) is 15.0 Å². The van der Waals surface area contributed by atoms with Crippen LogP contribution in [0.1, 0.15) is 55.6 Å². The normalized spacial score (nSPS) is 11.7. The van der Waals surface area contributed by atoms with E-state index in [9.17, 15) is 0 Å². The van der Waals surface area contributed by atoms with Gasteiger partial charge in [-0.05, 0) is 190 Å². The average molecular weight is 1080 g/mol. The fourth-order valence-corrected chi connectivity index (χ4v) is 13.8. The number of hydrogen-bond donors (Lipinski definition) is 0. The largest absolute Gasteiger partial charge is 0.309 e. The molecule has 5 nitrogen and oxygen atoms in total. The van der Waals surface area contributed by atoms with Gasteiger partial charge in [-0.3, -0.25) is 0 Å². The van der Waals surface area contributed by atoms with Crippen molar-refractivity contribution in [1.29, 1.82) is 0 Å². The molecule has 0 N–H and O–H groups in total. The molecule has 0 spiro atoms. The predicted octanol–water partition coefficient (Wildman–Crippen LogP) is 20.8. The van der Waals surface area contributed by atoms with Crippen molar-refractivity contribution in [3.05, 3.63) is 268 Å². The molecule has 0 aliphatic heterocycles. The minimum absolute atomic E-state index is 0.581. The van der Waals surface area contributed by atoms with Gasteiger partial charge in [0.2, 0.25) is 0 Å². The van der Waals surface area contributed by atoms with Gasteiger partial charge in [-0.1, -0.05) is 192 Å². The molecular weight excluding hydrogens is 1020 g/mol. The van der Waals surface area contributed by atoms with Crippen LogP contribution in [0.2, 0.25) is 0 Å². The first-order valence-corrected chi connectivity index (χ1v) is 29.2. The maximum absolute atomic E-state index is 5.45. The highest BCUT2D eigenvalue weighted by Crippen LogP contribution is 2.44. The van der Waals surface area contributed by atoms with Crippen LogP contribution in [0.4, 0.5) is 0 Å². The Morgan fingerprint density at radius 2 is 0.524 bits per heavy atom. The molecule has 0 saturated heterocycles. The third kappa shape index (κ3) is 9.08. The first-order valence-electron chi connectivity index (χ1n) is 29.2. The average Bonchev–Trinajstić information content (AvgIpc) is 2.12. The number of nitrogens with zero attached hydrogens (tertiary/aromatic N) is 5. The smallest absolute Gasteiger partial charge is 0.164 e. The summed E-state index contributed by atoms with van der Waals surface area (Å²) in [5.41, 5.74) is 31.3. The number of aromatic nitrogens is 5. The molecule has 14 aromatic rings. The zero-order valence-electron chi connectivity index (χ0n) is 49.4. The Bertz CT molecular complexity index is 4740. The van der Waals surface area contributed by atoms with E-state index >= 15 is 0 Å². The van der Waals surface area contributed by atoms with Crippen molar-refractivity contribution in [3.63, 3.8) is 0 Å². The topological polar surface area (TPSA) is 48.5 Å². The summed E-state index contributed by atoms with van der Waals surface area (Å²) in [6, 6.07) is 78.5. The van der Waals surface area contributed by atoms with Gasteiger partial charge in [0.1, 0.15) is 0 Å². The summed E-state index contributed by atoms with van der Waals surface area (Å²) < 4.78 is 5.01. The number of rotatable bonds is 9. The lowest BCUT2D eigenvalue weighted by atomic mass is 9.92. The third-order valence-corrected chi connectivity index (χ3v) is 17.2. The van der Waals surface area contributed by atoms with Crippen molar-refractivity contribution >= 4 is 43.6 Å². The van der Waals surface area contributed by atoms with Crippen molar-refractivity contribution in [3.8, 4) is 90.0 Å². The molecular formula is C79H65N5. The lowest BCUT2D eigenvalue weighted by molar-refractivity contribution is 1.07. The van der Waals surface area contributed by atoms with Crippen molar-refractivity contribution in [1.82, 2.24) is 24.1 Å². The van der Waals surface area contributed by atoms with Crippen LogP contribution in [0.5, 0.6) is 0 Å². The molecule has 0 radical (unpaired) electrons. The summed E-state index contributed by atoms with van der Waals surface area (Å²) in [7, 11) is 0. The number of fused-ring (bicyclic) bond motifs is 6. The van der Waals surface area contributed by atoms with Crippen LogP contribution in [0.25, 0.3) is 134 Å². The van der Waals surface area contributed by atoms with Gasteiger partial charge in [0.05, 0.1) is 22.1 Å². The maximum atomic E-state index is 5.45. The minimum atomic E-state index is 0.581. The van der Waals surface area contributed by atoms with E-state index in [4.69, 9.17) is 15.0 Å². The Morgan fingerprint density at radius 3 is 0.869 bits per heavy atom. The van der Waals surface area contributed by atoms with Gasteiger partial charge >= 0.3 is 0 Å². The predicted molar refractivity (Wildman–Crippen MR) is 354 cm³/mol. The summed E-state index contributed by atoms with van der Waals surface area (Å²) in [5, 5.41) is 4.71. The second-order valence-electron chi connectivity index (χ2n) is 23.6. The molecule has 406 valence electrons. The van der Waals surface area contributed by atoms with Crippen LogP contribution in [-0.4, -0.2) is 24.1 Å². The van der Waals surface area contributed by atoms with Crippen LogP contribution in [0.3, 0.4) is 0 Å². The first kappa shape index (κ1) is 52.1. The van der Waals surface area contributed by atoms with E-state index in [0.29, 0.717) is 17.5 Å². The molecule has 3 heterocycles. The van der Waals surface area contributed by atoms with E-state index in [1.54, 1.807) is 0 Å². The van der Waals surface area contributed by atoms with Crippen molar-refractivity contribution in [2.45, 2.75) is 69.2 Å². The van der Waals surface area contributed by atoms with Gasteiger partial charge < -0.3 is 9.13 Å². The molecule has 0 amide bonds. The SMILES string of the molecule is Cc1ccc(-c2ccc3c4ccc(-c5c(C)cc(C)cc5C)cc4n(-c4cc(-c5nc(-c6ccccc6)nc(-c6ccccc6)n5)cc(-n5c6cc(-c7c(C)cc(C)cc7C)ccc6c6ccc(-c7c(C)cc(C)cc7C)cc65)c4)c3c2)cc1. The Balaban J connectivity index is 1.13. The molecule has 0 bridgehead atoms. The van der Waals surface area contributed by atoms with E-state index < -0.39 is 0 Å². The zero-order valence-corrected chi connectivity index (χ0v) is 49.4. The highest BCUT2D eigenvalue weighted by atomic mass is 15.0. The number of benzene rings is 11. The Morgan fingerprint density at radius 1 is 0.226 bits per heavy atom. The van der Waals surface area contributed by atoms with Crippen molar-refractivity contribution in [2.24, 2.45) is 0 Å². The monoisotopic (exact) mass is 1080 g/mol. The highest BCUT2D eigenvalue weighted by Gasteiger charge is 2.23. The van der Waals surface area contributed by atoms with Gasteiger partial charge in [0, 0.05) is 49.6 Å². The van der Waals surface area contributed by atoms with Crippen LogP contribution < -0.4 is 0 Å².